The normalized spacial score (nSPS) is 11.7. The molecular formula is C20H14ClF3N4. The smallest absolute Gasteiger partial charge is 0.346 e. The molecule has 142 valence electrons. The second-order valence-electron chi connectivity index (χ2n) is 6.26. The van der Waals surface area contributed by atoms with E-state index in [-0.39, 0.29) is 5.69 Å². The maximum Gasteiger partial charge on any atom is 0.418 e. The van der Waals surface area contributed by atoms with Crippen LogP contribution in [0.25, 0.3) is 11.0 Å². The van der Waals surface area contributed by atoms with Gasteiger partial charge in [0.15, 0.2) is 0 Å². The van der Waals surface area contributed by atoms with Crippen molar-refractivity contribution in [2.24, 2.45) is 0 Å². The predicted octanol–water partition coefficient (Wildman–Crippen LogP) is 5.96. The summed E-state index contributed by atoms with van der Waals surface area (Å²) in [6.45, 7) is 0. The van der Waals surface area contributed by atoms with Crippen LogP contribution in [0.4, 0.5) is 24.7 Å². The van der Waals surface area contributed by atoms with Gasteiger partial charge in [-0.25, -0.2) is 9.97 Å². The molecular weight excluding hydrogens is 389 g/mol. The number of nitrogens with one attached hydrogen (secondary N) is 2. The van der Waals surface area contributed by atoms with Crippen molar-refractivity contribution >= 4 is 34.1 Å². The summed E-state index contributed by atoms with van der Waals surface area (Å²) in [7, 11) is 0. The lowest BCUT2D eigenvalue weighted by Gasteiger charge is -2.14. The summed E-state index contributed by atoms with van der Waals surface area (Å²) in [5.41, 5.74) is 1.90. The van der Waals surface area contributed by atoms with Crippen LogP contribution in [0.15, 0.2) is 61.1 Å². The van der Waals surface area contributed by atoms with Gasteiger partial charge in [0.2, 0.25) is 0 Å². The molecule has 0 spiro atoms. The molecule has 0 aliphatic heterocycles. The highest BCUT2D eigenvalue weighted by Crippen LogP contribution is 2.35. The number of rotatable bonds is 4. The van der Waals surface area contributed by atoms with Crippen LogP contribution in [0.1, 0.15) is 16.7 Å². The minimum atomic E-state index is -4.44. The molecule has 4 aromatic rings. The van der Waals surface area contributed by atoms with Crippen molar-refractivity contribution in [3.05, 3.63) is 82.8 Å². The van der Waals surface area contributed by atoms with E-state index < -0.39 is 11.7 Å². The lowest BCUT2D eigenvalue weighted by atomic mass is 10.1. The van der Waals surface area contributed by atoms with Crippen molar-refractivity contribution in [2.45, 2.75) is 12.6 Å². The van der Waals surface area contributed by atoms with E-state index in [1.807, 2.05) is 18.3 Å². The van der Waals surface area contributed by atoms with Crippen LogP contribution in [-0.4, -0.2) is 15.0 Å². The summed E-state index contributed by atoms with van der Waals surface area (Å²) < 4.78 is 39.3. The van der Waals surface area contributed by atoms with Crippen molar-refractivity contribution in [3.8, 4) is 0 Å². The van der Waals surface area contributed by atoms with Crippen LogP contribution in [0, 0.1) is 0 Å². The lowest BCUT2D eigenvalue weighted by Crippen LogP contribution is -2.09. The highest BCUT2D eigenvalue weighted by molar-refractivity contribution is 6.31. The Kier molecular flexibility index (Phi) is 4.68. The van der Waals surface area contributed by atoms with E-state index in [0.717, 1.165) is 28.2 Å². The summed E-state index contributed by atoms with van der Waals surface area (Å²) in [5.74, 6) is 0.337. The first-order chi connectivity index (χ1) is 13.4. The Labute approximate surface area is 163 Å². The number of benzene rings is 1. The molecule has 0 radical (unpaired) electrons. The van der Waals surface area contributed by atoms with E-state index in [2.05, 4.69) is 20.3 Å². The quantitative estimate of drug-likeness (QED) is 0.442. The number of pyridine rings is 2. The molecule has 3 aromatic heterocycles. The Bertz CT molecular complexity index is 1120. The number of aromatic amines is 1. The fraction of sp³-hybridized carbons (Fsp3) is 0.100. The first-order valence-electron chi connectivity index (χ1n) is 8.40. The Morgan fingerprint density at radius 3 is 2.61 bits per heavy atom. The fourth-order valence-corrected chi connectivity index (χ4v) is 3.14. The molecule has 8 heteroatoms. The number of fused-ring (bicyclic) bond motifs is 1. The third kappa shape index (κ3) is 3.80. The van der Waals surface area contributed by atoms with Crippen molar-refractivity contribution < 1.29 is 13.2 Å². The van der Waals surface area contributed by atoms with Gasteiger partial charge in [-0.2, -0.15) is 13.2 Å². The van der Waals surface area contributed by atoms with Crippen LogP contribution in [0.3, 0.4) is 0 Å². The van der Waals surface area contributed by atoms with Gasteiger partial charge in [0.25, 0.3) is 0 Å². The predicted molar refractivity (Wildman–Crippen MR) is 103 cm³/mol. The summed E-state index contributed by atoms with van der Waals surface area (Å²) in [6.07, 6.45) is 1.22. The average molecular weight is 403 g/mol. The fourth-order valence-electron chi connectivity index (χ4n) is 2.98. The van der Waals surface area contributed by atoms with Crippen molar-refractivity contribution in [1.29, 1.82) is 0 Å². The molecule has 0 fully saturated rings. The third-order valence-corrected chi connectivity index (χ3v) is 4.50. The van der Waals surface area contributed by atoms with E-state index >= 15 is 0 Å². The van der Waals surface area contributed by atoms with Gasteiger partial charge in [0, 0.05) is 30.4 Å². The Hall–Kier alpha value is -3.06. The molecule has 0 bridgehead atoms. The van der Waals surface area contributed by atoms with Crippen LogP contribution in [0.2, 0.25) is 5.02 Å². The second-order valence-corrected chi connectivity index (χ2v) is 6.70. The van der Waals surface area contributed by atoms with Gasteiger partial charge in [0.1, 0.15) is 11.5 Å². The SMILES string of the molecule is FC(F)(F)c1ccccc1Nc1ccc(Cc2c[nH]c3ncc(Cl)cc23)cn1. The van der Waals surface area contributed by atoms with E-state index in [4.69, 9.17) is 11.6 Å². The summed E-state index contributed by atoms with van der Waals surface area (Å²) in [6, 6.07) is 10.6. The summed E-state index contributed by atoms with van der Waals surface area (Å²) in [4.78, 5) is 11.6. The minimum absolute atomic E-state index is 0.0346. The molecule has 4 rings (SSSR count). The Balaban J connectivity index is 1.54. The molecule has 0 atom stereocenters. The van der Waals surface area contributed by atoms with Gasteiger partial charge in [-0.3, -0.25) is 0 Å². The van der Waals surface area contributed by atoms with Crippen molar-refractivity contribution in [3.63, 3.8) is 0 Å². The van der Waals surface area contributed by atoms with Crippen LogP contribution < -0.4 is 5.32 Å². The molecule has 0 saturated carbocycles. The van der Waals surface area contributed by atoms with Crippen LogP contribution >= 0.6 is 11.6 Å². The van der Waals surface area contributed by atoms with Gasteiger partial charge in [-0.15, -0.1) is 0 Å². The van der Waals surface area contributed by atoms with E-state index in [0.29, 0.717) is 17.3 Å². The van der Waals surface area contributed by atoms with Crippen LogP contribution in [0.5, 0.6) is 0 Å². The number of anilines is 2. The van der Waals surface area contributed by atoms with Gasteiger partial charge in [0.05, 0.1) is 16.3 Å². The molecule has 28 heavy (non-hydrogen) atoms. The van der Waals surface area contributed by atoms with Crippen molar-refractivity contribution in [1.82, 2.24) is 15.0 Å². The maximum atomic E-state index is 13.1. The number of para-hydroxylation sites is 1. The van der Waals surface area contributed by atoms with Crippen molar-refractivity contribution in [2.75, 3.05) is 5.32 Å². The zero-order valence-corrected chi connectivity index (χ0v) is 15.1. The van der Waals surface area contributed by atoms with Gasteiger partial charge < -0.3 is 10.3 Å². The number of H-pyrrole nitrogens is 1. The average Bonchev–Trinajstić information content (AvgIpc) is 3.05. The topological polar surface area (TPSA) is 53.6 Å². The summed E-state index contributed by atoms with van der Waals surface area (Å²) in [5, 5.41) is 4.21. The third-order valence-electron chi connectivity index (χ3n) is 4.30. The largest absolute Gasteiger partial charge is 0.418 e. The standard InChI is InChI=1S/C20H14ClF3N4/c21-14-8-15-13(10-26-19(15)27-11-14)7-12-5-6-18(25-9-12)28-17-4-2-1-3-16(17)20(22,23)24/h1-6,8-11H,7H2,(H,25,28)(H,26,27). The number of nitrogens with zero attached hydrogens (tertiary/aromatic N) is 2. The molecule has 0 aliphatic carbocycles. The molecule has 1 aromatic carbocycles. The second kappa shape index (κ2) is 7.16. The molecule has 0 aliphatic rings. The summed E-state index contributed by atoms with van der Waals surface area (Å²) >= 11 is 6.02. The van der Waals surface area contributed by atoms with Gasteiger partial charge >= 0.3 is 6.18 Å². The van der Waals surface area contributed by atoms with Crippen LogP contribution in [-0.2, 0) is 12.6 Å². The molecule has 2 N–H and O–H groups in total. The Morgan fingerprint density at radius 1 is 1.04 bits per heavy atom. The monoisotopic (exact) mass is 402 g/mol. The minimum Gasteiger partial charge on any atom is -0.346 e. The zero-order valence-electron chi connectivity index (χ0n) is 14.4. The highest BCUT2D eigenvalue weighted by Gasteiger charge is 2.33. The van der Waals surface area contributed by atoms with E-state index in [1.165, 1.54) is 12.1 Å². The van der Waals surface area contributed by atoms with Gasteiger partial charge in [-0.05, 0) is 35.4 Å². The molecule has 0 unspecified atom stereocenters. The van der Waals surface area contributed by atoms with E-state index in [1.54, 1.807) is 24.5 Å². The first kappa shape index (κ1) is 18.3. The molecule has 0 saturated heterocycles. The first-order valence-corrected chi connectivity index (χ1v) is 8.77. The van der Waals surface area contributed by atoms with Gasteiger partial charge in [-0.1, -0.05) is 29.8 Å². The number of alkyl halides is 3. The molecule has 4 nitrogen and oxygen atoms in total. The van der Waals surface area contributed by atoms with E-state index in [9.17, 15) is 13.2 Å². The molecule has 3 heterocycles. The zero-order chi connectivity index (χ0) is 19.7. The maximum absolute atomic E-state index is 13.1. The molecule has 0 amide bonds. The number of aromatic nitrogens is 3. The number of hydrogen-bond acceptors (Lipinski definition) is 3. The number of hydrogen-bond donors (Lipinski definition) is 2. The number of halogens is 4. The lowest BCUT2D eigenvalue weighted by molar-refractivity contribution is -0.136. The Morgan fingerprint density at radius 2 is 1.86 bits per heavy atom. The highest BCUT2D eigenvalue weighted by atomic mass is 35.5.